The molecule has 2 N–H and O–H groups in total. The van der Waals surface area contributed by atoms with E-state index in [1.165, 1.54) is 11.1 Å². The molecule has 2 aromatic carbocycles. The minimum Gasteiger partial charge on any atom is -0.320 e. The molecule has 0 aliphatic carbocycles. The summed E-state index contributed by atoms with van der Waals surface area (Å²) in [7, 11) is 0. The topological polar surface area (TPSA) is 26.0 Å². The van der Waals surface area contributed by atoms with E-state index in [0.29, 0.717) is 0 Å². The van der Waals surface area contributed by atoms with Crippen LogP contribution in [0.4, 0.5) is 0 Å². The molecule has 1 nitrogen and oxygen atoms in total. The van der Waals surface area contributed by atoms with Gasteiger partial charge in [0.15, 0.2) is 0 Å². The third-order valence-corrected chi connectivity index (χ3v) is 4.04. The van der Waals surface area contributed by atoms with Crippen LogP contribution in [0.1, 0.15) is 28.3 Å². The number of aryl methyl sites for hydroxylation is 2. The standard InChI is InChI=1S/C15H16BrN/c1-10-5-3-7-12(9-10)15(17)13-8-4-6-11(2)14(13)16/h3-9,15H,17H2,1-2H3. The second kappa shape index (κ2) is 5.03. The molecule has 1 atom stereocenters. The zero-order chi connectivity index (χ0) is 12.4. The summed E-state index contributed by atoms with van der Waals surface area (Å²) >= 11 is 3.62. The van der Waals surface area contributed by atoms with Crippen LogP contribution < -0.4 is 5.73 Å². The molecule has 2 heteroatoms. The lowest BCUT2D eigenvalue weighted by molar-refractivity contribution is 0.862. The van der Waals surface area contributed by atoms with Crippen molar-refractivity contribution in [2.45, 2.75) is 19.9 Å². The van der Waals surface area contributed by atoms with E-state index < -0.39 is 0 Å². The number of nitrogens with two attached hydrogens (primary N) is 1. The van der Waals surface area contributed by atoms with Crippen LogP contribution in [0.2, 0.25) is 0 Å². The lowest BCUT2D eigenvalue weighted by Gasteiger charge is -2.16. The summed E-state index contributed by atoms with van der Waals surface area (Å²) in [4.78, 5) is 0. The number of hydrogen-bond acceptors (Lipinski definition) is 1. The smallest absolute Gasteiger partial charge is 0.0563 e. The maximum atomic E-state index is 6.32. The van der Waals surface area contributed by atoms with Crippen molar-refractivity contribution in [3.8, 4) is 0 Å². The first kappa shape index (κ1) is 12.3. The summed E-state index contributed by atoms with van der Waals surface area (Å²) < 4.78 is 1.11. The fourth-order valence-electron chi connectivity index (χ4n) is 1.95. The number of benzene rings is 2. The van der Waals surface area contributed by atoms with E-state index in [1.54, 1.807) is 0 Å². The summed E-state index contributed by atoms with van der Waals surface area (Å²) in [6, 6.07) is 14.5. The Hall–Kier alpha value is -1.12. The van der Waals surface area contributed by atoms with Crippen LogP contribution in [-0.2, 0) is 0 Å². The molecule has 88 valence electrons. The average Bonchev–Trinajstić information content (AvgIpc) is 2.32. The minimum atomic E-state index is -0.0795. The van der Waals surface area contributed by atoms with Crippen LogP contribution in [0, 0.1) is 13.8 Å². The highest BCUT2D eigenvalue weighted by Crippen LogP contribution is 2.29. The fourth-order valence-corrected chi connectivity index (χ4v) is 2.46. The Balaban J connectivity index is 2.44. The van der Waals surface area contributed by atoms with Crippen molar-refractivity contribution in [2.24, 2.45) is 5.73 Å². The third kappa shape index (κ3) is 2.59. The van der Waals surface area contributed by atoms with Crippen LogP contribution in [0.5, 0.6) is 0 Å². The van der Waals surface area contributed by atoms with E-state index in [0.717, 1.165) is 15.6 Å². The van der Waals surface area contributed by atoms with Gasteiger partial charge in [-0.2, -0.15) is 0 Å². The fraction of sp³-hybridized carbons (Fsp3) is 0.200. The third-order valence-electron chi connectivity index (χ3n) is 2.96. The molecule has 2 aromatic rings. The molecule has 0 aliphatic rings. The Morgan fingerprint density at radius 3 is 2.47 bits per heavy atom. The van der Waals surface area contributed by atoms with E-state index in [1.807, 2.05) is 12.1 Å². The van der Waals surface area contributed by atoms with Gasteiger partial charge in [0, 0.05) is 4.47 Å². The van der Waals surface area contributed by atoms with Gasteiger partial charge < -0.3 is 5.73 Å². The molecular formula is C15H16BrN. The van der Waals surface area contributed by atoms with Gasteiger partial charge in [-0.15, -0.1) is 0 Å². The molecule has 1 unspecified atom stereocenters. The summed E-state index contributed by atoms with van der Waals surface area (Å²) in [5, 5.41) is 0. The summed E-state index contributed by atoms with van der Waals surface area (Å²) in [5.41, 5.74) is 11.1. The second-order valence-corrected chi connectivity index (χ2v) is 5.16. The maximum absolute atomic E-state index is 6.32. The highest BCUT2D eigenvalue weighted by atomic mass is 79.9. The van der Waals surface area contributed by atoms with Crippen LogP contribution in [0.25, 0.3) is 0 Å². The molecule has 0 saturated carbocycles. The molecule has 0 heterocycles. The highest BCUT2D eigenvalue weighted by Gasteiger charge is 2.13. The van der Waals surface area contributed by atoms with Crippen molar-refractivity contribution in [3.05, 3.63) is 69.2 Å². The number of halogens is 1. The van der Waals surface area contributed by atoms with Gasteiger partial charge in [0.05, 0.1) is 6.04 Å². The van der Waals surface area contributed by atoms with Crippen molar-refractivity contribution in [3.63, 3.8) is 0 Å². The quantitative estimate of drug-likeness (QED) is 0.884. The predicted octanol–water partition coefficient (Wildman–Crippen LogP) is 4.11. The second-order valence-electron chi connectivity index (χ2n) is 4.37. The van der Waals surface area contributed by atoms with Gasteiger partial charge in [0.25, 0.3) is 0 Å². The van der Waals surface area contributed by atoms with Crippen molar-refractivity contribution in [1.82, 2.24) is 0 Å². The predicted molar refractivity (Wildman–Crippen MR) is 76.1 cm³/mol. The SMILES string of the molecule is Cc1cccc(C(N)c2cccc(C)c2Br)c1. The average molecular weight is 290 g/mol. The lowest BCUT2D eigenvalue weighted by Crippen LogP contribution is -2.12. The van der Waals surface area contributed by atoms with Crippen LogP contribution >= 0.6 is 15.9 Å². The number of rotatable bonds is 2. The molecule has 0 radical (unpaired) electrons. The first-order valence-electron chi connectivity index (χ1n) is 5.67. The summed E-state index contributed by atoms with van der Waals surface area (Å²) in [6.07, 6.45) is 0. The molecule has 17 heavy (non-hydrogen) atoms. The van der Waals surface area contributed by atoms with E-state index in [2.05, 4.69) is 60.1 Å². The molecule has 0 aromatic heterocycles. The van der Waals surface area contributed by atoms with Crippen molar-refractivity contribution >= 4 is 15.9 Å². The monoisotopic (exact) mass is 289 g/mol. The molecule has 0 aliphatic heterocycles. The Morgan fingerprint density at radius 2 is 1.76 bits per heavy atom. The number of hydrogen-bond donors (Lipinski definition) is 1. The summed E-state index contributed by atoms with van der Waals surface area (Å²) in [6.45, 7) is 4.16. The van der Waals surface area contributed by atoms with Gasteiger partial charge in [-0.05, 0) is 30.5 Å². The van der Waals surface area contributed by atoms with E-state index >= 15 is 0 Å². The molecule has 0 fully saturated rings. The van der Waals surface area contributed by atoms with Crippen molar-refractivity contribution in [2.75, 3.05) is 0 Å². The Kier molecular flexibility index (Phi) is 3.65. The van der Waals surface area contributed by atoms with Crippen LogP contribution in [0.15, 0.2) is 46.9 Å². The van der Waals surface area contributed by atoms with Crippen LogP contribution in [0.3, 0.4) is 0 Å². The molecular weight excluding hydrogens is 274 g/mol. The van der Waals surface area contributed by atoms with Gasteiger partial charge in [-0.1, -0.05) is 64.0 Å². The van der Waals surface area contributed by atoms with Gasteiger partial charge in [-0.3, -0.25) is 0 Å². The Bertz CT molecular complexity index is 534. The zero-order valence-corrected chi connectivity index (χ0v) is 11.7. The Morgan fingerprint density at radius 1 is 1.06 bits per heavy atom. The van der Waals surface area contributed by atoms with E-state index in [9.17, 15) is 0 Å². The molecule has 0 bridgehead atoms. The van der Waals surface area contributed by atoms with E-state index in [4.69, 9.17) is 5.73 Å². The molecule has 0 saturated heterocycles. The summed E-state index contributed by atoms with van der Waals surface area (Å²) in [5.74, 6) is 0. The minimum absolute atomic E-state index is 0.0795. The van der Waals surface area contributed by atoms with Crippen molar-refractivity contribution in [1.29, 1.82) is 0 Å². The highest BCUT2D eigenvalue weighted by molar-refractivity contribution is 9.10. The molecule has 0 spiro atoms. The van der Waals surface area contributed by atoms with Gasteiger partial charge in [-0.25, -0.2) is 0 Å². The first-order chi connectivity index (χ1) is 8.09. The van der Waals surface area contributed by atoms with Gasteiger partial charge in [0.1, 0.15) is 0 Å². The van der Waals surface area contributed by atoms with Gasteiger partial charge in [0.2, 0.25) is 0 Å². The normalized spacial score (nSPS) is 12.5. The van der Waals surface area contributed by atoms with Gasteiger partial charge >= 0.3 is 0 Å². The zero-order valence-electron chi connectivity index (χ0n) is 10.1. The molecule has 2 rings (SSSR count). The molecule has 0 amide bonds. The first-order valence-corrected chi connectivity index (χ1v) is 6.46. The Labute approximate surface area is 111 Å². The maximum Gasteiger partial charge on any atom is 0.0563 e. The largest absolute Gasteiger partial charge is 0.320 e. The lowest BCUT2D eigenvalue weighted by atomic mass is 9.97. The van der Waals surface area contributed by atoms with Crippen LogP contribution in [-0.4, -0.2) is 0 Å². The van der Waals surface area contributed by atoms with Crippen molar-refractivity contribution < 1.29 is 0 Å². The van der Waals surface area contributed by atoms with E-state index in [-0.39, 0.29) is 6.04 Å².